The zero-order valence-corrected chi connectivity index (χ0v) is 13.9. The molecular weight excluding hydrogens is 298 g/mol. The molecule has 1 spiro atoms. The topological polar surface area (TPSA) is 29.5 Å². The lowest BCUT2D eigenvalue weighted by Gasteiger charge is -2.45. The van der Waals surface area contributed by atoms with Gasteiger partial charge in [0.15, 0.2) is 0 Å². The van der Waals surface area contributed by atoms with Crippen LogP contribution in [0.25, 0.3) is 0 Å². The van der Waals surface area contributed by atoms with Crippen LogP contribution in [-0.2, 0) is 4.74 Å². The SMILES string of the molecule is CCC(c1ccc(Cl)cc1)N1CCC2(CCCCC2)OC1=O. The molecule has 22 heavy (non-hydrogen) atoms. The first-order valence-electron chi connectivity index (χ1n) is 8.39. The Bertz CT molecular complexity index is 522. The van der Waals surface area contributed by atoms with E-state index in [-0.39, 0.29) is 17.7 Å². The Balaban J connectivity index is 1.74. The van der Waals surface area contributed by atoms with E-state index in [1.807, 2.05) is 29.2 Å². The molecule has 1 aromatic rings. The molecule has 1 aromatic carbocycles. The van der Waals surface area contributed by atoms with Crippen LogP contribution in [0.3, 0.4) is 0 Å². The van der Waals surface area contributed by atoms with Gasteiger partial charge >= 0.3 is 6.09 Å². The van der Waals surface area contributed by atoms with Crippen LogP contribution in [-0.4, -0.2) is 23.1 Å². The van der Waals surface area contributed by atoms with Gasteiger partial charge in [0.05, 0.1) is 6.04 Å². The average Bonchev–Trinajstić information content (AvgIpc) is 2.53. The molecule has 3 rings (SSSR count). The zero-order chi connectivity index (χ0) is 15.6. The Morgan fingerprint density at radius 2 is 1.86 bits per heavy atom. The van der Waals surface area contributed by atoms with Crippen molar-refractivity contribution in [2.75, 3.05) is 6.54 Å². The number of rotatable bonds is 3. The average molecular weight is 322 g/mol. The standard InChI is InChI=1S/C18H24ClNO2/c1-2-16(14-6-8-15(19)9-7-14)20-13-12-18(22-17(20)21)10-4-3-5-11-18/h6-9,16H,2-5,10-13H2,1H3. The highest BCUT2D eigenvalue weighted by Crippen LogP contribution is 2.40. The van der Waals surface area contributed by atoms with Crippen molar-refractivity contribution in [2.24, 2.45) is 0 Å². The maximum absolute atomic E-state index is 12.6. The summed E-state index contributed by atoms with van der Waals surface area (Å²) < 4.78 is 5.92. The number of ether oxygens (including phenoxy) is 1. The highest BCUT2D eigenvalue weighted by molar-refractivity contribution is 6.30. The number of hydrogen-bond donors (Lipinski definition) is 0. The summed E-state index contributed by atoms with van der Waals surface area (Å²) in [5.74, 6) is 0. The van der Waals surface area contributed by atoms with Crippen LogP contribution in [0.5, 0.6) is 0 Å². The lowest BCUT2D eigenvalue weighted by molar-refractivity contribution is -0.0767. The molecular formula is C18H24ClNO2. The smallest absolute Gasteiger partial charge is 0.410 e. The summed E-state index contributed by atoms with van der Waals surface area (Å²) in [5.41, 5.74) is 0.952. The third-order valence-electron chi connectivity index (χ3n) is 5.13. The van der Waals surface area contributed by atoms with Gasteiger partial charge in [-0.25, -0.2) is 4.79 Å². The molecule has 1 saturated carbocycles. The van der Waals surface area contributed by atoms with Crippen molar-refractivity contribution >= 4 is 17.7 Å². The molecule has 4 heteroatoms. The predicted molar refractivity (Wildman–Crippen MR) is 88.1 cm³/mol. The van der Waals surface area contributed by atoms with Gasteiger partial charge in [-0.2, -0.15) is 0 Å². The van der Waals surface area contributed by atoms with Crippen molar-refractivity contribution in [3.05, 3.63) is 34.9 Å². The Labute approximate surface area is 137 Å². The number of halogens is 1. The molecule has 0 aromatic heterocycles. The van der Waals surface area contributed by atoms with Crippen LogP contribution in [0, 0.1) is 0 Å². The molecule has 2 aliphatic rings. The van der Waals surface area contributed by atoms with Gasteiger partial charge in [0.1, 0.15) is 5.60 Å². The molecule has 1 saturated heterocycles. The van der Waals surface area contributed by atoms with Gasteiger partial charge in [0.2, 0.25) is 0 Å². The number of carbonyl (C=O) groups excluding carboxylic acids is 1. The fourth-order valence-electron chi connectivity index (χ4n) is 3.86. The fraction of sp³-hybridized carbons (Fsp3) is 0.611. The molecule has 1 amide bonds. The van der Waals surface area contributed by atoms with Crippen molar-refractivity contribution < 1.29 is 9.53 Å². The number of benzene rings is 1. The third-order valence-corrected chi connectivity index (χ3v) is 5.38. The van der Waals surface area contributed by atoms with E-state index in [4.69, 9.17) is 16.3 Å². The second kappa shape index (κ2) is 6.49. The van der Waals surface area contributed by atoms with Gasteiger partial charge in [-0.15, -0.1) is 0 Å². The van der Waals surface area contributed by atoms with Gasteiger partial charge in [0.25, 0.3) is 0 Å². The van der Waals surface area contributed by atoms with Gasteiger partial charge in [-0.05, 0) is 49.8 Å². The lowest BCUT2D eigenvalue weighted by Crippen LogP contribution is -2.51. The van der Waals surface area contributed by atoms with Gasteiger partial charge in [0, 0.05) is 18.0 Å². The molecule has 1 atom stereocenters. The normalized spacial score (nSPS) is 22.5. The summed E-state index contributed by atoms with van der Waals surface area (Å²) in [6, 6.07) is 7.86. The van der Waals surface area contributed by atoms with E-state index in [0.717, 1.165) is 42.8 Å². The highest BCUT2D eigenvalue weighted by Gasteiger charge is 2.43. The minimum Gasteiger partial charge on any atom is -0.443 e. The summed E-state index contributed by atoms with van der Waals surface area (Å²) in [4.78, 5) is 14.5. The Morgan fingerprint density at radius 1 is 1.18 bits per heavy atom. The molecule has 1 aliphatic carbocycles. The summed E-state index contributed by atoms with van der Waals surface area (Å²) in [7, 11) is 0. The molecule has 0 radical (unpaired) electrons. The first-order chi connectivity index (χ1) is 10.6. The molecule has 3 nitrogen and oxygen atoms in total. The van der Waals surface area contributed by atoms with Gasteiger partial charge in [-0.1, -0.05) is 37.1 Å². The van der Waals surface area contributed by atoms with E-state index in [1.54, 1.807) is 0 Å². The summed E-state index contributed by atoms with van der Waals surface area (Å²) in [6.45, 7) is 2.90. The van der Waals surface area contributed by atoms with E-state index in [0.29, 0.717) is 0 Å². The Hall–Kier alpha value is -1.22. The third kappa shape index (κ3) is 3.10. The number of hydrogen-bond acceptors (Lipinski definition) is 2. The first-order valence-corrected chi connectivity index (χ1v) is 8.76. The van der Waals surface area contributed by atoms with Crippen LogP contribution < -0.4 is 0 Å². The van der Waals surface area contributed by atoms with Gasteiger partial charge < -0.3 is 9.64 Å². The Morgan fingerprint density at radius 3 is 2.45 bits per heavy atom. The molecule has 2 fully saturated rings. The first kappa shape index (κ1) is 15.7. The van der Waals surface area contributed by atoms with Crippen molar-refractivity contribution in [3.8, 4) is 0 Å². The number of carbonyl (C=O) groups is 1. The second-order valence-corrected chi connectivity index (χ2v) is 6.97. The monoisotopic (exact) mass is 321 g/mol. The lowest BCUT2D eigenvalue weighted by atomic mass is 9.81. The molecule has 1 aliphatic heterocycles. The van der Waals surface area contributed by atoms with Crippen LogP contribution in [0.1, 0.15) is 63.5 Å². The van der Waals surface area contributed by atoms with Crippen LogP contribution >= 0.6 is 11.6 Å². The van der Waals surface area contributed by atoms with Gasteiger partial charge in [-0.3, -0.25) is 0 Å². The Kier molecular flexibility index (Phi) is 4.62. The zero-order valence-electron chi connectivity index (χ0n) is 13.2. The summed E-state index contributed by atoms with van der Waals surface area (Å²) in [6.07, 6.45) is 7.39. The maximum atomic E-state index is 12.6. The number of nitrogens with zero attached hydrogens (tertiary/aromatic N) is 1. The quantitative estimate of drug-likeness (QED) is 0.752. The van der Waals surface area contributed by atoms with E-state index < -0.39 is 0 Å². The number of amides is 1. The molecule has 1 unspecified atom stereocenters. The van der Waals surface area contributed by atoms with E-state index in [1.165, 1.54) is 19.3 Å². The molecule has 1 heterocycles. The molecule has 0 bridgehead atoms. The second-order valence-electron chi connectivity index (χ2n) is 6.53. The van der Waals surface area contributed by atoms with Crippen molar-refractivity contribution in [1.29, 1.82) is 0 Å². The van der Waals surface area contributed by atoms with E-state index in [2.05, 4.69) is 6.92 Å². The fourth-order valence-corrected chi connectivity index (χ4v) is 3.99. The largest absolute Gasteiger partial charge is 0.443 e. The molecule has 120 valence electrons. The highest BCUT2D eigenvalue weighted by atomic mass is 35.5. The maximum Gasteiger partial charge on any atom is 0.410 e. The van der Waals surface area contributed by atoms with E-state index in [9.17, 15) is 4.79 Å². The van der Waals surface area contributed by atoms with Crippen LogP contribution in [0.2, 0.25) is 5.02 Å². The molecule has 0 N–H and O–H groups in total. The minimum absolute atomic E-state index is 0.0747. The van der Waals surface area contributed by atoms with Crippen molar-refractivity contribution in [3.63, 3.8) is 0 Å². The van der Waals surface area contributed by atoms with Crippen molar-refractivity contribution in [2.45, 2.75) is 63.5 Å². The van der Waals surface area contributed by atoms with Crippen LogP contribution in [0.4, 0.5) is 4.79 Å². The van der Waals surface area contributed by atoms with Crippen molar-refractivity contribution in [1.82, 2.24) is 4.90 Å². The minimum atomic E-state index is -0.176. The van der Waals surface area contributed by atoms with Crippen LogP contribution in [0.15, 0.2) is 24.3 Å². The van der Waals surface area contributed by atoms with E-state index >= 15 is 0 Å². The summed E-state index contributed by atoms with van der Waals surface area (Å²) >= 11 is 5.97. The predicted octanol–water partition coefficient (Wildman–Crippen LogP) is 5.34. The summed E-state index contributed by atoms with van der Waals surface area (Å²) in [5, 5.41) is 0.723.